The van der Waals surface area contributed by atoms with E-state index in [9.17, 15) is 0 Å². The lowest BCUT2D eigenvalue weighted by Crippen LogP contribution is -2.17. The lowest BCUT2D eigenvalue weighted by atomic mass is 10.0. The Morgan fingerprint density at radius 1 is 1.70 bits per heavy atom. The molecule has 0 saturated heterocycles. The molecule has 0 bridgehead atoms. The van der Waals surface area contributed by atoms with Crippen molar-refractivity contribution in [3.8, 4) is 0 Å². The van der Waals surface area contributed by atoms with E-state index in [0.717, 1.165) is 12.1 Å². The lowest BCUT2D eigenvalue weighted by molar-refractivity contribution is 0.755. The SMILES string of the molecule is NC1=C2NC=CC2CC=N1. The van der Waals surface area contributed by atoms with E-state index in [0.29, 0.717) is 11.7 Å². The van der Waals surface area contributed by atoms with Crippen LogP contribution in [0.2, 0.25) is 0 Å². The predicted molar refractivity (Wildman–Crippen MR) is 40.1 cm³/mol. The highest BCUT2D eigenvalue weighted by Gasteiger charge is 2.19. The second-order valence-corrected chi connectivity index (χ2v) is 2.46. The van der Waals surface area contributed by atoms with Crippen LogP contribution in [-0.4, -0.2) is 6.21 Å². The van der Waals surface area contributed by atoms with Gasteiger partial charge in [0.15, 0.2) is 0 Å². The molecular weight excluding hydrogens is 126 g/mol. The van der Waals surface area contributed by atoms with Gasteiger partial charge in [-0.1, -0.05) is 6.08 Å². The summed E-state index contributed by atoms with van der Waals surface area (Å²) in [5, 5.41) is 3.07. The van der Waals surface area contributed by atoms with Gasteiger partial charge in [-0.3, -0.25) is 0 Å². The maximum atomic E-state index is 5.60. The van der Waals surface area contributed by atoms with Gasteiger partial charge >= 0.3 is 0 Å². The molecule has 2 heterocycles. The number of allylic oxidation sites excluding steroid dienone is 1. The van der Waals surface area contributed by atoms with Gasteiger partial charge in [0, 0.05) is 12.1 Å². The third kappa shape index (κ3) is 0.635. The summed E-state index contributed by atoms with van der Waals surface area (Å²) in [6, 6.07) is 0. The number of nitrogens with zero attached hydrogens (tertiary/aromatic N) is 1. The summed E-state index contributed by atoms with van der Waals surface area (Å²) < 4.78 is 0. The molecule has 0 aliphatic carbocycles. The summed E-state index contributed by atoms with van der Waals surface area (Å²) in [5.41, 5.74) is 6.66. The predicted octanol–water partition coefficient (Wildman–Crippen LogP) is 0.322. The van der Waals surface area contributed by atoms with Crippen molar-refractivity contribution in [3.63, 3.8) is 0 Å². The molecule has 2 rings (SSSR count). The minimum Gasteiger partial charge on any atom is -0.382 e. The smallest absolute Gasteiger partial charge is 0.143 e. The van der Waals surface area contributed by atoms with Crippen LogP contribution in [-0.2, 0) is 0 Å². The number of rotatable bonds is 0. The molecule has 3 heteroatoms. The fourth-order valence-electron chi connectivity index (χ4n) is 1.25. The fourth-order valence-corrected chi connectivity index (χ4v) is 1.25. The molecule has 0 radical (unpaired) electrons. The summed E-state index contributed by atoms with van der Waals surface area (Å²) >= 11 is 0. The number of fused-ring (bicyclic) bond motifs is 1. The molecule has 52 valence electrons. The maximum absolute atomic E-state index is 5.60. The van der Waals surface area contributed by atoms with Crippen molar-refractivity contribution in [2.75, 3.05) is 0 Å². The van der Waals surface area contributed by atoms with Crippen LogP contribution in [0.1, 0.15) is 6.42 Å². The number of nitrogens with one attached hydrogen (secondary N) is 1. The molecule has 0 fully saturated rings. The topological polar surface area (TPSA) is 50.4 Å². The lowest BCUT2D eigenvalue weighted by Gasteiger charge is -2.13. The van der Waals surface area contributed by atoms with Gasteiger partial charge in [-0.25, -0.2) is 4.99 Å². The fraction of sp³-hybridized carbons (Fsp3) is 0.286. The Morgan fingerprint density at radius 3 is 3.40 bits per heavy atom. The standard InChI is InChI=1S/C7H9N3/c8-7-6-5(1-3-9-6)2-4-10-7/h1,3-5,9H,2,8H2. The number of nitrogens with two attached hydrogens (primary N) is 1. The molecule has 0 aromatic heterocycles. The Hall–Kier alpha value is -1.25. The Morgan fingerprint density at radius 2 is 2.60 bits per heavy atom. The Kier molecular flexibility index (Phi) is 1.03. The van der Waals surface area contributed by atoms with Crippen molar-refractivity contribution in [1.29, 1.82) is 0 Å². The first-order valence-corrected chi connectivity index (χ1v) is 3.33. The van der Waals surface area contributed by atoms with Crippen LogP contribution in [0, 0.1) is 5.92 Å². The van der Waals surface area contributed by atoms with E-state index in [1.165, 1.54) is 0 Å². The van der Waals surface area contributed by atoms with Crippen LogP contribution in [0.5, 0.6) is 0 Å². The van der Waals surface area contributed by atoms with Gasteiger partial charge in [-0.2, -0.15) is 0 Å². The maximum Gasteiger partial charge on any atom is 0.143 e. The largest absolute Gasteiger partial charge is 0.382 e. The minimum atomic E-state index is 0.456. The Labute approximate surface area is 59.3 Å². The third-order valence-corrected chi connectivity index (χ3v) is 1.80. The van der Waals surface area contributed by atoms with E-state index in [2.05, 4.69) is 16.4 Å². The average molecular weight is 135 g/mol. The minimum absolute atomic E-state index is 0.456. The zero-order valence-electron chi connectivity index (χ0n) is 5.54. The van der Waals surface area contributed by atoms with Crippen molar-refractivity contribution in [3.05, 3.63) is 23.8 Å². The second-order valence-electron chi connectivity index (χ2n) is 2.46. The molecule has 0 spiro atoms. The van der Waals surface area contributed by atoms with Crippen LogP contribution in [0.25, 0.3) is 0 Å². The van der Waals surface area contributed by atoms with Crippen LogP contribution < -0.4 is 11.1 Å². The summed E-state index contributed by atoms with van der Waals surface area (Å²) in [7, 11) is 0. The van der Waals surface area contributed by atoms with Crippen molar-refractivity contribution >= 4 is 6.21 Å². The third-order valence-electron chi connectivity index (χ3n) is 1.80. The zero-order chi connectivity index (χ0) is 6.97. The highest BCUT2D eigenvalue weighted by Crippen LogP contribution is 2.23. The molecule has 10 heavy (non-hydrogen) atoms. The number of hydrogen-bond donors (Lipinski definition) is 2. The summed E-state index contributed by atoms with van der Waals surface area (Å²) in [6.45, 7) is 0. The molecule has 2 aliphatic heterocycles. The van der Waals surface area contributed by atoms with Crippen molar-refractivity contribution in [2.24, 2.45) is 16.6 Å². The van der Waals surface area contributed by atoms with Crippen LogP contribution in [0.4, 0.5) is 0 Å². The molecule has 3 nitrogen and oxygen atoms in total. The monoisotopic (exact) mass is 135 g/mol. The van der Waals surface area contributed by atoms with E-state index >= 15 is 0 Å². The Bertz CT molecular complexity index is 237. The summed E-state index contributed by atoms with van der Waals surface area (Å²) in [6.07, 6.45) is 6.86. The van der Waals surface area contributed by atoms with E-state index < -0.39 is 0 Å². The molecule has 3 N–H and O–H groups in total. The van der Waals surface area contributed by atoms with Gasteiger partial charge in [-0.15, -0.1) is 0 Å². The van der Waals surface area contributed by atoms with E-state index in [-0.39, 0.29) is 0 Å². The van der Waals surface area contributed by atoms with E-state index in [4.69, 9.17) is 5.73 Å². The number of hydrogen-bond acceptors (Lipinski definition) is 3. The normalized spacial score (nSPS) is 28.6. The molecule has 0 amide bonds. The first kappa shape index (κ1) is 5.53. The van der Waals surface area contributed by atoms with Gasteiger partial charge in [0.2, 0.25) is 0 Å². The second kappa shape index (κ2) is 1.87. The van der Waals surface area contributed by atoms with Crippen LogP contribution >= 0.6 is 0 Å². The molecule has 0 saturated carbocycles. The Balaban J connectivity index is 2.38. The zero-order valence-corrected chi connectivity index (χ0v) is 5.54. The molecule has 1 unspecified atom stereocenters. The van der Waals surface area contributed by atoms with Crippen molar-refractivity contribution < 1.29 is 0 Å². The van der Waals surface area contributed by atoms with Crippen molar-refractivity contribution in [1.82, 2.24) is 5.32 Å². The van der Waals surface area contributed by atoms with Crippen LogP contribution in [0.15, 0.2) is 28.8 Å². The van der Waals surface area contributed by atoms with E-state index in [1.807, 2.05) is 12.4 Å². The number of aliphatic imine (C=N–C) groups is 1. The van der Waals surface area contributed by atoms with Gasteiger partial charge in [0.1, 0.15) is 5.82 Å². The van der Waals surface area contributed by atoms with Gasteiger partial charge in [-0.05, 0) is 12.6 Å². The first-order chi connectivity index (χ1) is 4.88. The highest BCUT2D eigenvalue weighted by molar-refractivity contribution is 5.63. The van der Waals surface area contributed by atoms with Gasteiger partial charge in [0.05, 0.1) is 5.70 Å². The molecule has 1 atom stereocenters. The summed E-state index contributed by atoms with van der Waals surface area (Å²) in [4.78, 5) is 4.00. The van der Waals surface area contributed by atoms with Crippen LogP contribution in [0.3, 0.4) is 0 Å². The average Bonchev–Trinajstić information content (AvgIpc) is 2.36. The first-order valence-electron chi connectivity index (χ1n) is 3.33. The van der Waals surface area contributed by atoms with E-state index in [1.54, 1.807) is 0 Å². The molecular formula is C7H9N3. The van der Waals surface area contributed by atoms with Crippen molar-refractivity contribution in [2.45, 2.75) is 6.42 Å². The summed E-state index contributed by atoms with van der Waals surface area (Å²) in [5.74, 6) is 1.08. The van der Waals surface area contributed by atoms with Gasteiger partial charge < -0.3 is 11.1 Å². The molecule has 0 aromatic carbocycles. The van der Waals surface area contributed by atoms with Gasteiger partial charge in [0.25, 0.3) is 0 Å². The molecule has 0 aromatic rings. The molecule has 2 aliphatic rings. The quantitative estimate of drug-likeness (QED) is 0.502. The highest BCUT2D eigenvalue weighted by atomic mass is 15.0.